The van der Waals surface area contributed by atoms with Crippen molar-refractivity contribution >= 4 is 27.9 Å². The zero-order chi connectivity index (χ0) is 13.7. The summed E-state index contributed by atoms with van der Waals surface area (Å²) in [6.07, 6.45) is 5.24. The van der Waals surface area contributed by atoms with Crippen molar-refractivity contribution in [1.82, 2.24) is 5.06 Å². The summed E-state index contributed by atoms with van der Waals surface area (Å²) < 4.78 is 6.19. The fourth-order valence-corrected chi connectivity index (χ4v) is 2.23. The second-order valence-corrected chi connectivity index (χ2v) is 5.12. The molecule has 19 heavy (non-hydrogen) atoms. The molecule has 0 N–H and O–H groups in total. The second-order valence-electron chi connectivity index (χ2n) is 4.20. The van der Waals surface area contributed by atoms with Crippen molar-refractivity contribution in [1.29, 1.82) is 0 Å². The molecule has 1 saturated heterocycles. The van der Waals surface area contributed by atoms with Crippen molar-refractivity contribution in [2.45, 2.75) is 12.8 Å². The molecule has 0 atom stereocenters. The summed E-state index contributed by atoms with van der Waals surface area (Å²) >= 11 is 3.40. The monoisotopic (exact) mass is 325 g/mol. The number of amides is 1. The van der Waals surface area contributed by atoms with Gasteiger partial charge in [-0.05, 0) is 37.1 Å². The van der Waals surface area contributed by atoms with Gasteiger partial charge in [-0.1, -0.05) is 15.9 Å². The fourth-order valence-electron chi connectivity index (χ4n) is 1.85. The summed E-state index contributed by atoms with van der Waals surface area (Å²) in [5.74, 6) is 0.591. The topological polar surface area (TPSA) is 38.8 Å². The van der Waals surface area contributed by atoms with E-state index in [0.29, 0.717) is 13.2 Å². The number of ether oxygens (including phenoxy) is 1. The average Bonchev–Trinajstić information content (AvgIpc) is 2.46. The molecule has 1 aliphatic heterocycles. The van der Waals surface area contributed by atoms with E-state index in [1.54, 1.807) is 13.2 Å². The minimum Gasteiger partial charge on any atom is -0.496 e. The highest BCUT2D eigenvalue weighted by Crippen LogP contribution is 2.24. The smallest absolute Gasteiger partial charge is 0.270 e. The van der Waals surface area contributed by atoms with Crippen LogP contribution in [0, 0.1) is 0 Å². The molecule has 1 amide bonds. The lowest BCUT2D eigenvalue weighted by atomic mass is 10.2. The van der Waals surface area contributed by atoms with Crippen LogP contribution in [0.25, 0.3) is 6.08 Å². The molecule has 2 rings (SSSR count). The first-order valence-electron chi connectivity index (χ1n) is 6.17. The minimum atomic E-state index is -0.137. The molecule has 1 aliphatic rings. The Labute approximate surface area is 121 Å². The number of methoxy groups -OCH3 is 1. The van der Waals surface area contributed by atoms with Crippen LogP contribution >= 0.6 is 15.9 Å². The minimum absolute atomic E-state index is 0.137. The van der Waals surface area contributed by atoms with Gasteiger partial charge >= 0.3 is 0 Å². The lowest BCUT2D eigenvalue weighted by molar-refractivity contribution is -0.191. The molecule has 0 bridgehead atoms. The van der Waals surface area contributed by atoms with E-state index < -0.39 is 0 Å². The van der Waals surface area contributed by atoms with Gasteiger partial charge in [-0.2, -0.15) is 0 Å². The molecular formula is C14H16BrNO3. The lowest BCUT2D eigenvalue weighted by Gasteiger charge is -2.24. The van der Waals surface area contributed by atoms with E-state index in [9.17, 15) is 4.79 Å². The molecule has 0 spiro atoms. The number of hydrogen-bond acceptors (Lipinski definition) is 3. The van der Waals surface area contributed by atoms with Crippen LogP contribution in [0.5, 0.6) is 5.75 Å². The van der Waals surface area contributed by atoms with Crippen molar-refractivity contribution < 1.29 is 14.4 Å². The Balaban J connectivity index is 2.08. The van der Waals surface area contributed by atoms with E-state index in [2.05, 4.69) is 15.9 Å². The van der Waals surface area contributed by atoms with E-state index in [0.717, 1.165) is 28.6 Å². The normalized spacial score (nSPS) is 15.8. The van der Waals surface area contributed by atoms with Gasteiger partial charge < -0.3 is 4.74 Å². The molecule has 0 aromatic heterocycles. The first-order chi connectivity index (χ1) is 9.20. The molecule has 0 saturated carbocycles. The molecule has 0 aliphatic carbocycles. The van der Waals surface area contributed by atoms with Crippen LogP contribution < -0.4 is 4.74 Å². The Hall–Kier alpha value is -1.33. The first kappa shape index (κ1) is 14.1. The van der Waals surface area contributed by atoms with E-state index >= 15 is 0 Å². The summed E-state index contributed by atoms with van der Waals surface area (Å²) in [5, 5.41) is 1.41. The zero-order valence-corrected chi connectivity index (χ0v) is 12.4. The molecule has 0 unspecified atom stereocenters. The summed E-state index contributed by atoms with van der Waals surface area (Å²) in [7, 11) is 1.61. The Morgan fingerprint density at radius 1 is 1.47 bits per heavy atom. The number of hydrogen-bond donors (Lipinski definition) is 0. The van der Waals surface area contributed by atoms with Crippen LogP contribution in [-0.2, 0) is 9.63 Å². The van der Waals surface area contributed by atoms with Gasteiger partial charge in [0.1, 0.15) is 5.75 Å². The fraction of sp³-hybridized carbons (Fsp3) is 0.357. The summed E-state index contributed by atoms with van der Waals surface area (Å²) in [5.41, 5.74) is 0.849. The second kappa shape index (κ2) is 6.73. The highest BCUT2D eigenvalue weighted by atomic mass is 79.9. The SMILES string of the molecule is COc1ccc(Br)cc1/C=C/C(=O)N1CCCCO1. The molecule has 0 radical (unpaired) electrons. The predicted molar refractivity (Wildman–Crippen MR) is 76.6 cm³/mol. The maximum Gasteiger partial charge on any atom is 0.270 e. The van der Waals surface area contributed by atoms with E-state index in [4.69, 9.17) is 9.57 Å². The third-order valence-corrected chi connectivity index (χ3v) is 3.34. The van der Waals surface area contributed by atoms with Crippen LogP contribution in [0.4, 0.5) is 0 Å². The van der Waals surface area contributed by atoms with Gasteiger partial charge in [0.15, 0.2) is 0 Å². The van der Waals surface area contributed by atoms with E-state index in [1.807, 2.05) is 18.2 Å². The quantitative estimate of drug-likeness (QED) is 0.802. The maximum absolute atomic E-state index is 11.9. The van der Waals surface area contributed by atoms with Gasteiger partial charge in [-0.3, -0.25) is 9.63 Å². The van der Waals surface area contributed by atoms with Crippen molar-refractivity contribution in [2.24, 2.45) is 0 Å². The van der Waals surface area contributed by atoms with Crippen LogP contribution in [-0.4, -0.2) is 31.2 Å². The Kier molecular flexibility index (Phi) is 4.99. The van der Waals surface area contributed by atoms with Crippen molar-refractivity contribution in [3.05, 3.63) is 34.3 Å². The Bertz CT molecular complexity index is 482. The molecular weight excluding hydrogens is 310 g/mol. The molecule has 1 aromatic rings. The molecule has 1 aromatic carbocycles. The molecule has 4 nitrogen and oxygen atoms in total. The van der Waals surface area contributed by atoms with Crippen molar-refractivity contribution in [3.63, 3.8) is 0 Å². The van der Waals surface area contributed by atoms with Crippen LogP contribution in [0.1, 0.15) is 18.4 Å². The Morgan fingerprint density at radius 3 is 3.00 bits per heavy atom. The largest absolute Gasteiger partial charge is 0.496 e. The third kappa shape index (κ3) is 3.81. The van der Waals surface area contributed by atoms with E-state index in [1.165, 1.54) is 11.1 Å². The predicted octanol–water partition coefficient (Wildman–Crippen LogP) is 3.02. The van der Waals surface area contributed by atoms with Gasteiger partial charge in [0, 0.05) is 22.7 Å². The maximum atomic E-state index is 11.9. The lowest BCUT2D eigenvalue weighted by Crippen LogP contribution is -2.34. The standard InChI is InChI=1S/C14H16BrNO3/c1-18-13-6-5-12(15)10-11(13)4-7-14(17)16-8-2-3-9-19-16/h4-7,10H,2-3,8-9H2,1H3/b7-4+. The van der Waals surface area contributed by atoms with Crippen molar-refractivity contribution in [3.8, 4) is 5.75 Å². The average molecular weight is 326 g/mol. The van der Waals surface area contributed by atoms with Crippen molar-refractivity contribution in [2.75, 3.05) is 20.3 Å². The first-order valence-corrected chi connectivity index (χ1v) is 6.96. The van der Waals surface area contributed by atoms with Gasteiger partial charge in [0.05, 0.1) is 13.7 Å². The molecule has 1 heterocycles. The number of carbonyl (C=O) groups excluding carboxylic acids is 1. The number of carbonyl (C=O) groups is 1. The van der Waals surface area contributed by atoms with Gasteiger partial charge in [0.2, 0.25) is 0 Å². The zero-order valence-electron chi connectivity index (χ0n) is 10.8. The molecule has 102 valence electrons. The third-order valence-electron chi connectivity index (χ3n) is 2.85. The summed E-state index contributed by atoms with van der Waals surface area (Å²) in [4.78, 5) is 17.2. The van der Waals surface area contributed by atoms with Crippen LogP contribution in [0.2, 0.25) is 0 Å². The number of rotatable bonds is 3. The van der Waals surface area contributed by atoms with Gasteiger partial charge in [-0.25, -0.2) is 5.06 Å². The van der Waals surface area contributed by atoms with Gasteiger partial charge in [-0.15, -0.1) is 0 Å². The molecule has 1 fully saturated rings. The van der Waals surface area contributed by atoms with Crippen LogP contribution in [0.15, 0.2) is 28.7 Å². The van der Waals surface area contributed by atoms with E-state index in [-0.39, 0.29) is 5.91 Å². The number of halogens is 1. The number of benzene rings is 1. The van der Waals surface area contributed by atoms with Crippen LogP contribution in [0.3, 0.4) is 0 Å². The number of hydroxylamine groups is 2. The number of nitrogens with zero attached hydrogens (tertiary/aromatic N) is 1. The molecule has 5 heteroatoms. The highest BCUT2D eigenvalue weighted by molar-refractivity contribution is 9.10. The van der Waals surface area contributed by atoms with Gasteiger partial charge in [0.25, 0.3) is 5.91 Å². The highest BCUT2D eigenvalue weighted by Gasteiger charge is 2.15. The summed E-state index contributed by atoms with van der Waals surface area (Å²) in [6.45, 7) is 1.26. The Morgan fingerprint density at radius 2 is 2.32 bits per heavy atom. The summed E-state index contributed by atoms with van der Waals surface area (Å²) in [6, 6.07) is 5.65.